The molecule has 2 heterocycles. The average molecular weight is 369 g/mol. The summed E-state index contributed by atoms with van der Waals surface area (Å²) < 4.78 is 39.9. The molecular formula is C20H13F2NO4. The van der Waals surface area contributed by atoms with Crippen LogP contribution in [0.2, 0.25) is 0 Å². The monoisotopic (exact) mass is 369 g/mol. The fraction of sp³-hybridized carbons (Fsp3) is 0.100. The Bertz CT molecular complexity index is 995. The third-order valence-electron chi connectivity index (χ3n) is 3.90. The summed E-state index contributed by atoms with van der Waals surface area (Å²) in [4.78, 5) is 16.3. The molecule has 7 heteroatoms. The highest BCUT2D eigenvalue weighted by Gasteiger charge is 2.25. The number of carbonyl (C=O) groups is 1. The Labute approximate surface area is 153 Å². The van der Waals surface area contributed by atoms with E-state index in [1.54, 1.807) is 12.1 Å². The summed E-state index contributed by atoms with van der Waals surface area (Å²) >= 11 is 0. The van der Waals surface area contributed by atoms with Crippen molar-refractivity contribution in [2.45, 2.75) is 6.61 Å². The number of ether oxygens (including phenoxy) is 3. The number of para-hydroxylation sites is 1. The van der Waals surface area contributed by atoms with E-state index in [2.05, 4.69) is 9.73 Å². The van der Waals surface area contributed by atoms with Gasteiger partial charge in [-0.05, 0) is 42.0 Å². The minimum Gasteiger partial charge on any atom is -0.488 e. The van der Waals surface area contributed by atoms with Gasteiger partial charge in [0.2, 0.25) is 5.90 Å². The summed E-state index contributed by atoms with van der Waals surface area (Å²) in [6.07, 6.45) is 3.49. The van der Waals surface area contributed by atoms with Gasteiger partial charge in [0.1, 0.15) is 18.1 Å². The van der Waals surface area contributed by atoms with E-state index in [1.165, 1.54) is 18.2 Å². The fourth-order valence-electron chi connectivity index (χ4n) is 2.73. The minimum atomic E-state index is -2.94. The topological polar surface area (TPSA) is 57.1 Å². The van der Waals surface area contributed by atoms with Crippen LogP contribution in [0.25, 0.3) is 6.08 Å². The second-order valence-corrected chi connectivity index (χ2v) is 5.79. The van der Waals surface area contributed by atoms with Crippen molar-refractivity contribution in [3.8, 4) is 11.5 Å². The number of hydrogen-bond donors (Lipinski definition) is 0. The first-order valence-corrected chi connectivity index (χ1v) is 8.09. The predicted molar refractivity (Wildman–Crippen MR) is 93.7 cm³/mol. The van der Waals surface area contributed by atoms with Crippen molar-refractivity contribution in [2.24, 2.45) is 4.99 Å². The van der Waals surface area contributed by atoms with E-state index in [1.807, 2.05) is 30.3 Å². The first-order valence-electron chi connectivity index (χ1n) is 8.09. The van der Waals surface area contributed by atoms with Crippen LogP contribution < -0.4 is 9.47 Å². The molecule has 0 bridgehead atoms. The Hall–Kier alpha value is -3.48. The molecule has 0 fully saturated rings. The van der Waals surface area contributed by atoms with Gasteiger partial charge in [0.25, 0.3) is 0 Å². The van der Waals surface area contributed by atoms with Gasteiger partial charge in [-0.2, -0.15) is 8.78 Å². The van der Waals surface area contributed by atoms with Gasteiger partial charge in [-0.1, -0.05) is 24.3 Å². The smallest absolute Gasteiger partial charge is 0.387 e. The van der Waals surface area contributed by atoms with Crippen LogP contribution >= 0.6 is 0 Å². The summed E-state index contributed by atoms with van der Waals surface area (Å²) in [5.74, 6) is 0.140. The molecule has 0 unspecified atom stereocenters. The van der Waals surface area contributed by atoms with Crippen LogP contribution in [-0.4, -0.2) is 25.1 Å². The molecule has 0 aromatic heterocycles. The van der Waals surface area contributed by atoms with Crippen molar-refractivity contribution in [1.82, 2.24) is 0 Å². The van der Waals surface area contributed by atoms with Gasteiger partial charge in [0.05, 0.1) is 0 Å². The van der Waals surface area contributed by atoms with Crippen molar-refractivity contribution < 1.29 is 27.8 Å². The van der Waals surface area contributed by atoms with E-state index < -0.39 is 12.6 Å². The van der Waals surface area contributed by atoms with E-state index in [9.17, 15) is 13.6 Å². The maximum Gasteiger partial charge on any atom is 0.387 e. The van der Waals surface area contributed by atoms with E-state index in [0.29, 0.717) is 12.2 Å². The summed E-state index contributed by atoms with van der Waals surface area (Å²) in [6, 6.07) is 13.4. The summed E-state index contributed by atoms with van der Waals surface area (Å²) in [5, 5.41) is 0. The highest BCUT2D eigenvalue weighted by atomic mass is 19.3. The van der Waals surface area contributed by atoms with Gasteiger partial charge >= 0.3 is 12.6 Å². The van der Waals surface area contributed by atoms with Crippen LogP contribution in [0.1, 0.15) is 11.1 Å². The Morgan fingerprint density at radius 1 is 1.15 bits per heavy atom. The lowest BCUT2D eigenvalue weighted by Crippen LogP contribution is -2.08. The number of aliphatic imine (C=N–C) groups is 1. The fourth-order valence-corrected chi connectivity index (χ4v) is 2.73. The molecule has 0 saturated heterocycles. The molecule has 2 aromatic carbocycles. The first kappa shape index (κ1) is 17.0. The van der Waals surface area contributed by atoms with Crippen molar-refractivity contribution in [3.63, 3.8) is 0 Å². The van der Waals surface area contributed by atoms with Crippen molar-refractivity contribution in [3.05, 3.63) is 77.0 Å². The maximum atomic E-state index is 12.4. The molecule has 0 aliphatic carbocycles. The van der Waals surface area contributed by atoms with Crippen LogP contribution in [0.3, 0.4) is 0 Å². The molecule has 0 radical (unpaired) electrons. The van der Waals surface area contributed by atoms with Crippen LogP contribution in [0.4, 0.5) is 8.78 Å². The van der Waals surface area contributed by atoms with Crippen LogP contribution in [-0.2, 0) is 9.53 Å². The summed E-state index contributed by atoms with van der Waals surface area (Å²) in [6.45, 7) is -2.64. The van der Waals surface area contributed by atoms with Gasteiger partial charge in [-0.15, -0.1) is 0 Å². The molecule has 27 heavy (non-hydrogen) atoms. The summed E-state index contributed by atoms with van der Waals surface area (Å²) in [7, 11) is 0. The van der Waals surface area contributed by atoms with Gasteiger partial charge in [-0.25, -0.2) is 9.79 Å². The van der Waals surface area contributed by atoms with Crippen molar-refractivity contribution in [1.29, 1.82) is 0 Å². The molecule has 4 rings (SSSR count). The number of esters is 1. The van der Waals surface area contributed by atoms with E-state index in [0.717, 1.165) is 16.9 Å². The molecular weight excluding hydrogens is 356 g/mol. The predicted octanol–water partition coefficient (Wildman–Crippen LogP) is 3.95. The number of alkyl halides is 2. The standard InChI is InChI=1S/C20H13F2NO4/c21-20(22)26-15-6-3-5-14(10-15)18-23-16(19(24)27-18)9-12-8-13-4-1-2-7-17(13)25-11-12/h1-10,20H,11H2/b16-9+. The average Bonchev–Trinajstić information content (AvgIpc) is 3.02. The number of halogens is 2. The Morgan fingerprint density at radius 2 is 2.00 bits per heavy atom. The molecule has 136 valence electrons. The summed E-state index contributed by atoms with van der Waals surface area (Å²) in [5.41, 5.74) is 2.15. The Morgan fingerprint density at radius 3 is 2.85 bits per heavy atom. The molecule has 0 spiro atoms. The molecule has 0 atom stereocenters. The SMILES string of the molecule is O=C1OC(c2cccc(OC(F)F)c2)=N/C1=C/C1=Cc2ccccc2OC1. The highest BCUT2D eigenvalue weighted by Crippen LogP contribution is 2.28. The molecule has 2 aliphatic heterocycles. The second kappa shape index (κ2) is 7.03. The van der Waals surface area contributed by atoms with Gasteiger partial charge in [0, 0.05) is 11.1 Å². The lowest BCUT2D eigenvalue weighted by Gasteiger charge is -2.15. The molecule has 2 aliphatic rings. The third-order valence-corrected chi connectivity index (χ3v) is 3.90. The van der Waals surface area contributed by atoms with Crippen molar-refractivity contribution >= 4 is 17.9 Å². The minimum absolute atomic E-state index is 0.0312. The lowest BCUT2D eigenvalue weighted by molar-refractivity contribution is -0.130. The van der Waals surface area contributed by atoms with Gasteiger partial charge < -0.3 is 14.2 Å². The van der Waals surface area contributed by atoms with E-state index in [4.69, 9.17) is 9.47 Å². The quantitative estimate of drug-likeness (QED) is 0.605. The largest absolute Gasteiger partial charge is 0.488 e. The molecule has 5 nitrogen and oxygen atoms in total. The zero-order valence-corrected chi connectivity index (χ0v) is 13.9. The van der Waals surface area contributed by atoms with Crippen LogP contribution in [0.15, 0.2) is 70.9 Å². The van der Waals surface area contributed by atoms with Crippen molar-refractivity contribution in [2.75, 3.05) is 6.61 Å². The number of cyclic esters (lactones) is 1. The first-order chi connectivity index (χ1) is 13.1. The van der Waals surface area contributed by atoms with Gasteiger partial charge in [-0.3, -0.25) is 0 Å². The number of benzene rings is 2. The molecule has 2 aromatic rings. The zero-order chi connectivity index (χ0) is 18.8. The number of hydrogen-bond acceptors (Lipinski definition) is 5. The zero-order valence-electron chi connectivity index (χ0n) is 13.9. The second-order valence-electron chi connectivity index (χ2n) is 5.79. The normalized spacial score (nSPS) is 17.1. The number of rotatable bonds is 4. The van der Waals surface area contributed by atoms with Crippen LogP contribution in [0.5, 0.6) is 11.5 Å². The molecule has 0 amide bonds. The third kappa shape index (κ3) is 3.72. The maximum absolute atomic E-state index is 12.4. The van der Waals surface area contributed by atoms with E-state index in [-0.39, 0.29) is 17.3 Å². The number of carbonyl (C=O) groups excluding carboxylic acids is 1. The number of nitrogens with zero attached hydrogens (tertiary/aromatic N) is 1. The van der Waals surface area contributed by atoms with Gasteiger partial charge in [0.15, 0.2) is 5.70 Å². The van der Waals surface area contributed by atoms with E-state index >= 15 is 0 Å². The van der Waals surface area contributed by atoms with Crippen LogP contribution in [0, 0.1) is 0 Å². The number of fused-ring (bicyclic) bond motifs is 1. The molecule has 0 saturated carbocycles. The lowest BCUT2D eigenvalue weighted by atomic mass is 10.1. The highest BCUT2D eigenvalue weighted by molar-refractivity contribution is 6.11. The Balaban J connectivity index is 1.61. The molecule has 0 N–H and O–H groups in total. The Kier molecular flexibility index (Phi) is 4.42.